The molecule has 1 amide bonds. The second kappa shape index (κ2) is 12.5. The fourth-order valence-corrected chi connectivity index (χ4v) is 4.27. The van der Waals surface area contributed by atoms with Gasteiger partial charge in [0.15, 0.2) is 0 Å². The molecule has 1 saturated heterocycles. The number of amides is 1. The predicted molar refractivity (Wildman–Crippen MR) is 139 cm³/mol. The number of benzene rings is 1. The van der Waals surface area contributed by atoms with Crippen molar-refractivity contribution in [1.82, 2.24) is 14.9 Å². The molecule has 1 fully saturated rings. The molecule has 1 aliphatic heterocycles. The summed E-state index contributed by atoms with van der Waals surface area (Å²) in [7, 11) is 0. The molecule has 0 spiro atoms. The highest BCUT2D eigenvalue weighted by Gasteiger charge is 2.37. The first-order valence-corrected chi connectivity index (χ1v) is 12.4. The zero-order valence-corrected chi connectivity index (χ0v) is 21.8. The molecule has 0 unspecified atom stereocenters. The van der Waals surface area contributed by atoms with Crippen LogP contribution >= 0.6 is 0 Å². The quantitative estimate of drug-likeness (QED) is 0.293. The minimum atomic E-state index is -4.76. The van der Waals surface area contributed by atoms with Crippen molar-refractivity contribution in [2.24, 2.45) is 5.41 Å². The van der Waals surface area contributed by atoms with Gasteiger partial charge < -0.3 is 9.64 Å². The lowest BCUT2D eigenvalue weighted by Crippen LogP contribution is -2.44. The number of carbonyl (C=O) groups is 1. The molecule has 0 radical (unpaired) electrons. The number of carbonyl (C=O) groups excluding carboxylic acids is 1. The minimum Gasteiger partial charge on any atom is -0.406 e. The van der Waals surface area contributed by atoms with Crippen molar-refractivity contribution in [2.45, 2.75) is 52.8 Å². The van der Waals surface area contributed by atoms with Gasteiger partial charge in [-0.1, -0.05) is 36.8 Å². The molecule has 2 heterocycles. The van der Waals surface area contributed by atoms with Gasteiger partial charge in [0, 0.05) is 24.9 Å². The number of ether oxygens (including phenoxy) is 1. The van der Waals surface area contributed by atoms with Crippen molar-refractivity contribution in [3.63, 3.8) is 0 Å². The first-order valence-electron chi connectivity index (χ1n) is 12.4. The summed E-state index contributed by atoms with van der Waals surface area (Å²) in [6, 6.07) is 9.75. The van der Waals surface area contributed by atoms with E-state index >= 15 is 0 Å². The van der Waals surface area contributed by atoms with Crippen molar-refractivity contribution >= 4 is 11.5 Å². The Morgan fingerprint density at radius 3 is 2.42 bits per heavy atom. The summed E-state index contributed by atoms with van der Waals surface area (Å²) in [5.74, 6) is -0.441. The lowest BCUT2D eigenvalue weighted by Gasteiger charge is -2.37. The van der Waals surface area contributed by atoms with E-state index in [0.717, 1.165) is 17.6 Å². The predicted octanol–water partition coefficient (Wildman–Crippen LogP) is 6.44. The normalized spacial score (nSPS) is 16.7. The molecule has 6 nitrogen and oxygen atoms in total. The van der Waals surface area contributed by atoms with E-state index in [1.54, 1.807) is 35.4 Å². The molecule has 200 valence electrons. The number of aromatic nitrogens is 2. The zero-order valence-electron chi connectivity index (χ0n) is 21.8. The molecule has 1 aromatic carbocycles. The second-order valence-corrected chi connectivity index (χ2v) is 9.41. The molecular weight excluding hydrogens is 493 g/mol. The van der Waals surface area contributed by atoms with Crippen molar-refractivity contribution < 1.29 is 22.7 Å². The third-order valence-corrected chi connectivity index (χ3v) is 6.75. The summed E-state index contributed by atoms with van der Waals surface area (Å²) in [5.41, 5.74) is 3.11. The van der Waals surface area contributed by atoms with Gasteiger partial charge in [0.1, 0.15) is 12.1 Å². The maximum atomic E-state index is 13.6. The number of allylic oxidation sites excluding steroid dienone is 4. The third kappa shape index (κ3) is 7.78. The Labute approximate surface area is 221 Å². The van der Waals surface area contributed by atoms with E-state index in [-0.39, 0.29) is 11.7 Å². The number of halogens is 3. The topological polar surface area (TPSA) is 79.1 Å². The van der Waals surface area contributed by atoms with E-state index in [1.807, 2.05) is 26.0 Å². The molecule has 1 aromatic heterocycles. The summed E-state index contributed by atoms with van der Waals surface area (Å²) < 4.78 is 41.3. The van der Waals surface area contributed by atoms with Gasteiger partial charge in [-0.25, -0.2) is 9.97 Å². The van der Waals surface area contributed by atoms with Crippen LogP contribution in [0, 0.1) is 16.7 Å². The second-order valence-electron chi connectivity index (χ2n) is 9.41. The van der Waals surface area contributed by atoms with Gasteiger partial charge in [-0.15, -0.1) is 13.2 Å². The maximum Gasteiger partial charge on any atom is 0.573 e. The number of nitrogens with zero attached hydrogens (tertiary/aromatic N) is 4. The molecular formula is C29H31F3N4O2. The van der Waals surface area contributed by atoms with Gasteiger partial charge in [0.2, 0.25) is 0 Å². The number of hydrogen-bond acceptors (Lipinski definition) is 5. The van der Waals surface area contributed by atoms with Crippen LogP contribution in [0.25, 0.3) is 5.57 Å². The monoisotopic (exact) mass is 524 g/mol. The fraction of sp³-hybridized carbons (Fsp3) is 0.379. The molecule has 0 bridgehead atoms. The summed E-state index contributed by atoms with van der Waals surface area (Å²) in [6.45, 7) is 6.72. The smallest absolute Gasteiger partial charge is 0.406 e. The standard InChI is InChI=1S/C29H31F3N4O2/c1-4-21(2)6-5-7-25(22(3)26-12-15-34-20-35-26)27(37)36-16-13-28(19-33,14-17-36)18-23-8-10-24(11-9-23)38-29(30,31)32/h5-12,15,20H,4,13-14,16-18H2,1-3H3/b7-5-,21-6+,25-22-. The number of piperidine rings is 1. The van der Waals surface area contributed by atoms with Gasteiger partial charge in [-0.3, -0.25) is 4.79 Å². The van der Waals surface area contributed by atoms with Crippen LogP contribution in [0.2, 0.25) is 0 Å². The molecule has 38 heavy (non-hydrogen) atoms. The minimum absolute atomic E-state index is 0.139. The molecule has 9 heteroatoms. The van der Waals surface area contributed by atoms with Gasteiger partial charge in [0.25, 0.3) is 5.91 Å². The van der Waals surface area contributed by atoms with Gasteiger partial charge in [-0.05, 0) is 74.9 Å². The molecule has 0 saturated carbocycles. The zero-order chi connectivity index (χ0) is 27.8. The van der Waals surface area contributed by atoms with Crippen LogP contribution in [0.15, 0.2) is 72.2 Å². The highest BCUT2D eigenvalue weighted by atomic mass is 19.4. The Hall–Kier alpha value is -3.93. The van der Waals surface area contributed by atoms with E-state index in [4.69, 9.17) is 0 Å². The van der Waals surface area contributed by atoms with Gasteiger partial charge >= 0.3 is 6.36 Å². The van der Waals surface area contributed by atoms with Crippen LogP contribution in [-0.4, -0.2) is 40.2 Å². The molecule has 3 rings (SSSR count). The van der Waals surface area contributed by atoms with E-state index in [1.165, 1.54) is 24.0 Å². The van der Waals surface area contributed by atoms with E-state index in [9.17, 15) is 23.2 Å². The maximum absolute atomic E-state index is 13.6. The molecule has 2 aromatic rings. The Bertz CT molecular complexity index is 1240. The third-order valence-electron chi connectivity index (χ3n) is 6.75. The van der Waals surface area contributed by atoms with Gasteiger partial charge in [-0.2, -0.15) is 5.26 Å². The number of nitriles is 1. The van der Waals surface area contributed by atoms with Crippen LogP contribution in [0.5, 0.6) is 5.75 Å². The summed E-state index contributed by atoms with van der Waals surface area (Å²) in [4.78, 5) is 23.6. The first kappa shape index (κ1) is 28.6. The lowest BCUT2D eigenvalue weighted by molar-refractivity contribution is -0.274. The highest BCUT2D eigenvalue weighted by Crippen LogP contribution is 2.36. The van der Waals surface area contributed by atoms with Crippen molar-refractivity contribution in [3.05, 3.63) is 83.5 Å². The SMILES string of the molecule is CC/C(C)=C/C=C\C(C(=O)N1CCC(C#N)(Cc2ccc(OC(F)(F)F)cc2)CC1)=C(/C)c1ccncn1. The Morgan fingerprint density at radius 1 is 1.18 bits per heavy atom. The summed E-state index contributed by atoms with van der Waals surface area (Å²) in [5, 5.41) is 10.0. The number of likely N-dealkylation sites (tertiary alicyclic amines) is 1. The van der Waals surface area contributed by atoms with E-state index < -0.39 is 11.8 Å². The van der Waals surface area contributed by atoms with E-state index in [2.05, 4.69) is 27.7 Å². The molecule has 1 aliphatic rings. The average Bonchev–Trinajstić information content (AvgIpc) is 2.91. The summed E-state index contributed by atoms with van der Waals surface area (Å²) >= 11 is 0. The molecule has 0 aliphatic carbocycles. The average molecular weight is 525 g/mol. The molecule has 0 N–H and O–H groups in total. The largest absolute Gasteiger partial charge is 0.573 e. The molecule has 0 atom stereocenters. The lowest BCUT2D eigenvalue weighted by atomic mass is 9.75. The Balaban J connectivity index is 1.76. The number of alkyl halides is 3. The van der Waals surface area contributed by atoms with Gasteiger partial charge in [0.05, 0.1) is 17.2 Å². The van der Waals surface area contributed by atoms with Crippen molar-refractivity contribution in [3.8, 4) is 11.8 Å². The first-order chi connectivity index (χ1) is 18.1. The van der Waals surface area contributed by atoms with Crippen LogP contribution in [0.4, 0.5) is 13.2 Å². The Kier molecular flexibility index (Phi) is 9.45. The van der Waals surface area contributed by atoms with Crippen LogP contribution in [0.1, 0.15) is 51.3 Å². The highest BCUT2D eigenvalue weighted by molar-refractivity contribution is 6.03. The van der Waals surface area contributed by atoms with E-state index in [0.29, 0.717) is 43.6 Å². The van der Waals surface area contributed by atoms with Crippen LogP contribution < -0.4 is 4.74 Å². The van der Waals surface area contributed by atoms with Crippen molar-refractivity contribution in [1.29, 1.82) is 5.26 Å². The van der Waals surface area contributed by atoms with Crippen molar-refractivity contribution in [2.75, 3.05) is 13.1 Å². The number of rotatable bonds is 8. The fourth-order valence-electron chi connectivity index (χ4n) is 4.27. The number of hydrogen-bond donors (Lipinski definition) is 0. The Morgan fingerprint density at radius 2 is 1.87 bits per heavy atom. The van der Waals surface area contributed by atoms with Crippen LogP contribution in [-0.2, 0) is 11.2 Å². The summed E-state index contributed by atoms with van der Waals surface area (Å²) in [6.07, 6.45) is 6.14. The van der Waals surface area contributed by atoms with Crippen LogP contribution in [0.3, 0.4) is 0 Å².